The molecule has 2 aromatic rings. The molecule has 1 aliphatic heterocycles. The fourth-order valence-electron chi connectivity index (χ4n) is 1.76. The van der Waals surface area contributed by atoms with Crippen LogP contribution in [0, 0.1) is 5.82 Å². The first-order chi connectivity index (χ1) is 10.0. The Balaban J connectivity index is 1.94. The molecule has 3 rings (SSSR count). The second-order valence-corrected chi connectivity index (χ2v) is 5.91. The van der Waals surface area contributed by atoms with E-state index in [0.717, 1.165) is 0 Å². The summed E-state index contributed by atoms with van der Waals surface area (Å²) >= 11 is 12.9. The van der Waals surface area contributed by atoms with Crippen LogP contribution in [0.1, 0.15) is 0 Å². The van der Waals surface area contributed by atoms with Gasteiger partial charge in [-0.2, -0.15) is 0 Å². The molecule has 0 aliphatic carbocycles. The SMILES string of the molecule is Oc1cc(Cl)cc2c1N=C(Nc1cc(Cl)ccc1F)NS2. The zero-order chi connectivity index (χ0) is 15.0. The van der Waals surface area contributed by atoms with E-state index in [0.29, 0.717) is 20.6 Å². The van der Waals surface area contributed by atoms with Gasteiger partial charge in [-0.25, -0.2) is 9.38 Å². The Morgan fingerprint density at radius 2 is 2.00 bits per heavy atom. The van der Waals surface area contributed by atoms with E-state index < -0.39 is 5.82 Å². The molecule has 0 saturated heterocycles. The summed E-state index contributed by atoms with van der Waals surface area (Å²) in [5, 5.41) is 13.5. The van der Waals surface area contributed by atoms with Crippen LogP contribution < -0.4 is 10.0 Å². The van der Waals surface area contributed by atoms with E-state index in [1.807, 2.05) is 0 Å². The highest BCUT2D eigenvalue weighted by atomic mass is 35.5. The molecular formula is C13H8Cl2FN3OS. The first kappa shape index (κ1) is 14.3. The van der Waals surface area contributed by atoms with Gasteiger partial charge in [0.2, 0.25) is 5.96 Å². The van der Waals surface area contributed by atoms with E-state index in [9.17, 15) is 9.50 Å². The van der Waals surface area contributed by atoms with Crippen LogP contribution in [-0.2, 0) is 0 Å². The summed E-state index contributed by atoms with van der Waals surface area (Å²) in [6.07, 6.45) is 0. The van der Waals surface area contributed by atoms with Gasteiger partial charge in [-0.05, 0) is 36.2 Å². The van der Waals surface area contributed by atoms with Gasteiger partial charge in [-0.1, -0.05) is 23.2 Å². The lowest BCUT2D eigenvalue weighted by Gasteiger charge is -2.18. The number of aliphatic imine (C=N–C) groups is 1. The number of aromatic hydroxyl groups is 1. The number of rotatable bonds is 1. The van der Waals surface area contributed by atoms with E-state index >= 15 is 0 Å². The van der Waals surface area contributed by atoms with Crippen molar-refractivity contribution in [3.63, 3.8) is 0 Å². The fraction of sp³-hybridized carbons (Fsp3) is 0. The van der Waals surface area contributed by atoms with Crippen LogP contribution in [0.2, 0.25) is 10.0 Å². The first-order valence-corrected chi connectivity index (χ1v) is 7.36. The molecule has 108 valence electrons. The predicted molar refractivity (Wildman–Crippen MR) is 84.2 cm³/mol. The average Bonchev–Trinajstić information content (AvgIpc) is 2.43. The van der Waals surface area contributed by atoms with Gasteiger partial charge in [0.15, 0.2) is 0 Å². The van der Waals surface area contributed by atoms with Crippen molar-refractivity contribution in [2.75, 3.05) is 5.32 Å². The molecule has 8 heteroatoms. The maximum Gasteiger partial charge on any atom is 0.211 e. The molecule has 1 aliphatic rings. The molecule has 0 atom stereocenters. The number of hydrogen-bond acceptors (Lipinski definition) is 5. The molecule has 2 aromatic carbocycles. The molecule has 0 radical (unpaired) electrons. The van der Waals surface area contributed by atoms with Gasteiger partial charge in [0.1, 0.15) is 17.3 Å². The Morgan fingerprint density at radius 3 is 2.81 bits per heavy atom. The topological polar surface area (TPSA) is 56.7 Å². The molecule has 0 fully saturated rings. The summed E-state index contributed by atoms with van der Waals surface area (Å²) in [6, 6.07) is 7.23. The summed E-state index contributed by atoms with van der Waals surface area (Å²) < 4.78 is 16.6. The second kappa shape index (κ2) is 5.63. The molecule has 4 nitrogen and oxygen atoms in total. The lowest BCUT2D eigenvalue weighted by molar-refractivity contribution is 0.475. The number of nitrogens with zero attached hydrogens (tertiary/aromatic N) is 1. The number of fused-ring (bicyclic) bond motifs is 1. The molecule has 0 unspecified atom stereocenters. The number of nitrogens with one attached hydrogen (secondary N) is 2. The van der Waals surface area contributed by atoms with Crippen LogP contribution in [0.15, 0.2) is 40.2 Å². The van der Waals surface area contributed by atoms with Gasteiger partial charge in [-0.15, -0.1) is 0 Å². The van der Waals surface area contributed by atoms with E-state index in [1.54, 1.807) is 6.07 Å². The quantitative estimate of drug-likeness (QED) is 0.665. The second-order valence-electron chi connectivity index (χ2n) is 4.19. The summed E-state index contributed by atoms with van der Waals surface area (Å²) in [6.45, 7) is 0. The molecule has 0 bridgehead atoms. The number of phenols is 1. The zero-order valence-corrected chi connectivity index (χ0v) is 12.7. The van der Waals surface area contributed by atoms with Gasteiger partial charge in [-0.3, -0.25) is 4.72 Å². The average molecular weight is 344 g/mol. The first-order valence-electron chi connectivity index (χ1n) is 5.79. The van der Waals surface area contributed by atoms with Gasteiger partial charge >= 0.3 is 0 Å². The minimum atomic E-state index is -0.458. The Hall–Kier alpha value is -1.63. The standard InChI is InChI=1S/C13H8Cl2FN3OS/c14-6-1-2-8(16)9(3-6)17-13-18-12-10(20)4-7(15)5-11(12)21-19-13/h1-5,20H,(H2,17,18,19). The van der Waals surface area contributed by atoms with Crippen molar-refractivity contribution in [2.45, 2.75) is 4.90 Å². The normalized spacial score (nSPS) is 13.2. The summed E-state index contributed by atoms with van der Waals surface area (Å²) in [4.78, 5) is 4.89. The number of anilines is 1. The van der Waals surface area contributed by atoms with E-state index in [1.165, 1.54) is 36.2 Å². The minimum Gasteiger partial charge on any atom is -0.506 e. The highest BCUT2D eigenvalue weighted by molar-refractivity contribution is 7.98. The van der Waals surface area contributed by atoms with Crippen molar-refractivity contribution in [3.8, 4) is 5.75 Å². The molecule has 0 amide bonds. The Bertz CT molecular complexity index is 754. The maximum absolute atomic E-state index is 13.7. The maximum atomic E-state index is 13.7. The smallest absolute Gasteiger partial charge is 0.211 e. The third-order valence-corrected chi connectivity index (χ3v) is 3.96. The fourth-order valence-corrected chi connectivity index (χ4v) is 2.95. The monoisotopic (exact) mass is 343 g/mol. The van der Waals surface area contributed by atoms with Crippen LogP contribution in [0.3, 0.4) is 0 Å². The van der Waals surface area contributed by atoms with Crippen molar-refractivity contribution in [2.24, 2.45) is 4.99 Å². The molecule has 0 saturated carbocycles. The molecule has 3 N–H and O–H groups in total. The molecular weight excluding hydrogens is 336 g/mol. The Labute approximate surface area is 134 Å². The Morgan fingerprint density at radius 1 is 1.19 bits per heavy atom. The third kappa shape index (κ3) is 3.02. The van der Waals surface area contributed by atoms with Crippen LogP contribution in [0.4, 0.5) is 15.8 Å². The van der Waals surface area contributed by atoms with Crippen LogP contribution in [0.5, 0.6) is 5.75 Å². The minimum absolute atomic E-state index is 0.0441. The Kier molecular flexibility index (Phi) is 3.84. The van der Waals surface area contributed by atoms with Crippen molar-refractivity contribution in [3.05, 3.63) is 46.2 Å². The van der Waals surface area contributed by atoms with Gasteiger partial charge < -0.3 is 10.4 Å². The van der Waals surface area contributed by atoms with Crippen LogP contribution in [-0.4, -0.2) is 11.1 Å². The van der Waals surface area contributed by atoms with Crippen LogP contribution in [0.25, 0.3) is 0 Å². The number of phenolic OH excluding ortho intramolecular Hbond substituents is 1. The number of halogens is 3. The van der Waals surface area contributed by atoms with Gasteiger partial charge in [0.25, 0.3) is 0 Å². The summed E-state index contributed by atoms with van der Waals surface area (Å²) in [7, 11) is 0. The number of hydrogen-bond donors (Lipinski definition) is 3. The molecule has 1 heterocycles. The molecule has 21 heavy (non-hydrogen) atoms. The third-order valence-electron chi connectivity index (χ3n) is 2.68. The zero-order valence-electron chi connectivity index (χ0n) is 10.3. The van der Waals surface area contributed by atoms with Gasteiger partial charge in [0, 0.05) is 16.1 Å². The highest BCUT2D eigenvalue weighted by Gasteiger charge is 2.17. The van der Waals surface area contributed by atoms with E-state index in [2.05, 4.69) is 15.0 Å². The predicted octanol–water partition coefficient (Wildman–Crippen LogP) is 4.55. The molecule has 0 aromatic heterocycles. The van der Waals surface area contributed by atoms with Gasteiger partial charge in [0.05, 0.1) is 10.6 Å². The lowest BCUT2D eigenvalue weighted by Crippen LogP contribution is -2.27. The van der Waals surface area contributed by atoms with E-state index in [-0.39, 0.29) is 17.4 Å². The lowest BCUT2D eigenvalue weighted by atomic mass is 10.3. The van der Waals surface area contributed by atoms with Crippen molar-refractivity contribution in [1.82, 2.24) is 4.72 Å². The molecule has 0 spiro atoms. The van der Waals surface area contributed by atoms with Crippen molar-refractivity contribution in [1.29, 1.82) is 0 Å². The number of benzene rings is 2. The highest BCUT2D eigenvalue weighted by Crippen LogP contribution is 2.41. The summed E-state index contributed by atoms with van der Waals surface area (Å²) in [5.74, 6) is -0.219. The number of guanidine groups is 1. The van der Waals surface area contributed by atoms with E-state index in [4.69, 9.17) is 23.2 Å². The summed E-state index contributed by atoms with van der Waals surface area (Å²) in [5.41, 5.74) is 0.555. The van der Waals surface area contributed by atoms with Crippen molar-refractivity contribution >= 4 is 52.5 Å². The van der Waals surface area contributed by atoms with Crippen molar-refractivity contribution < 1.29 is 9.50 Å². The van der Waals surface area contributed by atoms with Crippen LogP contribution >= 0.6 is 35.1 Å². The largest absolute Gasteiger partial charge is 0.506 e.